The van der Waals surface area contributed by atoms with Gasteiger partial charge in [-0.3, -0.25) is 0 Å². The van der Waals surface area contributed by atoms with Crippen molar-refractivity contribution >= 4 is 17.4 Å². The summed E-state index contributed by atoms with van der Waals surface area (Å²) in [5.41, 5.74) is 1.83. The Hall–Kier alpha value is -0.426. The Labute approximate surface area is 166 Å². The molecule has 26 heavy (non-hydrogen) atoms. The molecule has 0 saturated carbocycles. The molecule has 0 heterocycles. The first-order chi connectivity index (χ1) is 12.2. The molecule has 151 valence electrons. The van der Waals surface area contributed by atoms with Crippen LogP contribution in [0.5, 0.6) is 0 Å². The number of allylic oxidation sites excluding steroid dienone is 2. The Morgan fingerprint density at radius 1 is 0.846 bits per heavy atom. The van der Waals surface area contributed by atoms with E-state index in [2.05, 4.69) is 68.2 Å². The molecule has 2 nitrogen and oxygen atoms in total. The van der Waals surface area contributed by atoms with Gasteiger partial charge in [0.25, 0.3) is 0 Å². The highest BCUT2D eigenvalue weighted by Crippen LogP contribution is 2.42. The van der Waals surface area contributed by atoms with Crippen molar-refractivity contribution in [2.45, 2.75) is 89.7 Å². The second kappa shape index (κ2) is 12.9. The van der Waals surface area contributed by atoms with Gasteiger partial charge in [-0.15, -0.1) is 19.7 Å². The average Bonchev–Trinajstić information content (AvgIpc) is 2.56. The molecule has 0 aliphatic heterocycles. The summed E-state index contributed by atoms with van der Waals surface area (Å²) in [6.07, 6.45) is 7.04. The summed E-state index contributed by atoms with van der Waals surface area (Å²) in [6, 6.07) is 1.89. The zero-order chi connectivity index (χ0) is 20.3. The molecular weight excluding hydrogens is 352 g/mol. The maximum Gasteiger partial charge on any atom is 0.219 e. The standard InChI is InChI=1S/C22H43O2Si2/c1-11-16-25(17-12-2)24-22(21(10)13-3)14-15-23-26(18(4)5,19(6)7)20(8)9/h11-13,18-22H,1-3,14-17H2,4-10H3/t21-,22+/m1/s1. The Kier molecular flexibility index (Phi) is 12.7. The van der Waals surface area contributed by atoms with Crippen LogP contribution in [0.3, 0.4) is 0 Å². The van der Waals surface area contributed by atoms with Gasteiger partial charge in [-0.05, 0) is 41.1 Å². The molecule has 0 saturated heterocycles. The molecule has 2 atom stereocenters. The van der Waals surface area contributed by atoms with Crippen LogP contribution < -0.4 is 0 Å². The van der Waals surface area contributed by atoms with Crippen molar-refractivity contribution < 1.29 is 8.85 Å². The van der Waals surface area contributed by atoms with Crippen LogP contribution in [0, 0.1) is 5.92 Å². The molecule has 0 aromatic rings. The normalized spacial score (nSPS) is 14.9. The van der Waals surface area contributed by atoms with Crippen molar-refractivity contribution in [1.82, 2.24) is 0 Å². The summed E-state index contributed by atoms with van der Waals surface area (Å²) in [4.78, 5) is 0. The topological polar surface area (TPSA) is 18.5 Å². The van der Waals surface area contributed by atoms with Crippen molar-refractivity contribution in [2.24, 2.45) is 5.92 Å². The highest BCUT2D eigenvalue weighted by atomic mass is 28.4. The zero-order valence-electron chi connectivity index (χ0n) is 18.4. The molecule has 0 bridgehead atoms. The van der Waals surface area contributed by atoms with E-state index in [9.17, 15) is 0 Å². The summed E-state index contributed by atoms with van der Waals surface area (Å²) in [7, 11) is -2.76. The predicted octanol–water partition coefficient (Wildman–Crippen LogP) is 7.14. The summed E-state index contributed by atoms with van der Waals surface area (Å²) in [5, 5.41) is 0. The van der Waals surface area contributed by atoms with Gasteiger partial charge < -0.3 is 8.85 Å². The SMILES string of the molecule is C=CC[Si](CC=C)O[C@@H](CCO[Si](C(C)C)(C(C)C)C(C)C)[C@H](C)C=C. The number of hydrogen-bond donors (Lipinski definition) is 0. The van der Waals surface area contributed by atoms with Gasteiger partial charge in [-0.2, -0.15) is 0 Å². The molecule has 0 aromatic carbocycles. The third-order valence-corrected chi connectivity index (χ3v) is 13.7. The maximum atomic E-state index is 6.74. The molecule has 0 aromatic heterocycles. The van der Waals surface area contributed by atoms with E-state index < -0.39 is 17.4 Å². The first-order valence-corrected chi connectivity index (χ1v) is 14.1. The van der Waals surface area contributed by atoms with Crippen LogP contribution in [-0.2, 0) is 8.85 Å². The first-order valence-electron chi connectivity index (χ1n) is 10.2. The van der Waals surface area contributed by atoms with Crippen LogP contribution >= 0.6 is 0 Å². The molecule has 0 aliphatic carbocycles. The van der Waals surface area contributed by atoms with Gasteiger partial charge in [0.1, 0.15) is 0 Å². The Morgan fingerprint density at radius 3 is 1.65 bits per heavy atom. The molecule has 0 unspecified atom stereocenters. The monoisotopic (exact) mass is 395 g/mol. The van der Waals surface area contributed by atoms with E-state index in [-0.39, 0.29) is 6.10 Å². The van der Waals surface area contributed by atoms with Crippen molar-refractivity contribution in [1.29, 1.82) is 0 Å². The van der Waals surface area contributed by atoms with E-state index in [1.54, 1.807) is 0 Å². The van der Waals surface area contributed by atoms with Crippen LogP contribution in [0.4, 0.5) is 0 Å². The molecule has 0 spiro atoms. The van der Waals surface area contributed by atoms with E-state index in [1.807, 2.05) is 18.2 Å². The molecular formula is C22H43O2Si2. The van der Waals surface area contributed by atoms with Gasteiger partial charge in [0.05, 0.1) is 6.10 Å². The summed E-state index contributed by atoms with van der Waals surface area (Å²) >= 11 is 0. The first kappa shape index (κ1) is 25.6. The van der Waals surface area contributed by atoms with Crippen LogP contribution in [0.15, 0.2) is 38.0 Å². The Bertz CT molecular complexity index is 387. The maximum absolute atomic E-state index is 6.74. The second-order valence-electron chi connectivity index (χ2n) is 8.23. The van der Waals surface area contributed by atoms with Gasteiger partial charge in [0.2, 0.25) is 9.04 Å². The largest absolute Gasteiger partial charge is 0.416 e. The lowest BCUT2D eigenvalue weighted by Crippen LogP contribution is -2.48. The van der Waals surface area contributed by atoms with Gasteiger partial charge in [0.15, 0.2) is 8.32 Å². The highest BCUT2D eigenvalue weighted by Gasteiger charge is 2.45. The minimum Gasteiger partial charge on any atom is -0.416 e. The summed E-state index contributed by atoms with van der Waals surface area (Å²) in [5.74, 6) is 0.321. The van der Waals surface area contributed by atoms with Gasteiger partial charge in [0, 0.05) is 6.61 Å². The molecule has 0 fully saturated rings. The molecule has 0 N–H and O–H groups in total. The van der Waals surface area contributed by atoms with Crippen LogP contribution in [0.1, 0.15) is 54.9 Å². The molecule has 0 aliphatic rings. The minimum atomic E-state index is -1.82. The number of hydrogen-bond acceptors (Lipinski definition) is 2. The fraction of sp³-hybridized carbons (Fsp3) is 0.727. The van der Waals surface area contributed by atoms with E-state index in [0.29, 0.717) is 22.5 Å². The molecule has 4 heteroatoms. The van der Waals surface area contributed by atoms with Gasteiger partial charge in [-0.1, -0.05) is 66.7 Å². The Balaban J connectivity index is 5.10. The fourth-order valence-electron chi connectivity index (χ4n) is 4.15. The number of rotatable bonds is 15. The van der Waals surface area contributed by atoms with E-state index in [0.717, 1.165) is 25.1 Å². The highest BCUT2D eigenvalue weighted by molar-refractivity contribution is 6.77. The summed E-state index contributed by atoms with van der Waals surface area (Å²) in [6.45, 7) is 28.7. The fourth-order valence-corrected chi connectivity index (χ4v) is 11.4. The smallest absolute Gasteiger partial charge is 0.219 e. The van der Waals surface area contributed by atoms with Crippen molar-refractivity contribution in [3.63, 3.8) is 0 Å². The molecule has 0 rings (SSSR count). The lowest BCUT2D eigenvalue weighted by atomic mass is 10.0. The minimum absolute atomic E-state index is 0.166. The molecule has 0 amide bonds. The van der Waals surface area contributed by atoms with Crippen LogP contribution in [-0.4, -0.2) is 30.1 Å². The predicted molar refractivity (Wildman–Crippen MR) is 122 cm³/mol. The van der Waals surface area contributed by atoms with Crippen molar-refractivity contribution in [3.8, 4) is 0 Å². The lowest BCUT2D eigenvalue weighted by molar-refractivity contribution is 0.124. The lowest BCUT2D eigenvalue weighted by Gasteiger charge is -2.42. The van der Waals surface area contributed by atoms with Gasteiger partial charge in [-0.25, -0.2) is 0 Å². The van der Waals surface area contributed by atoms with Crippen LogP contribution in [0.25, 0.3) is 0 Å². The van der Waals surface area contributed by atoms with Crippen LogP contribution in [0.2, 0.25) is 28.7 Å². The summed E-state index contributed by atoms with van der Waals surface area (Å²) < 4.78 is 13.2. The van der Waals surface area contributed by atoms with Crippen molar-refractivity contribution in [3.05, 3.63) is 38.0 Å². The van der Waals surface area contributed by atoms with E-state index in [4.69, 9.17) is 8.85 Å². The molecule has 1 radical (unpaired) electrons. The van der Waals surface area contributed by atoms with Crippen molar-refractivity contribution in [2.75, 3.05) is 6.61 Å². The van der Waals surface area contributed by atoms with Gasteiger partial charge >= 0.3 is 0 Å². The third-order valence-electron chi connectivity index (χ3n) is 5.48. The quantitative estimate of drug-likeness (QED) is 0.217. The zero-order valence-corrected chi connectivity index (χ0v) is 20.4. The van der Waals surface area contributed by atoms with E-state index in [1.165, 1.54) is 0 Å². The van der Waals surface area contributed by atoms with E-state index >= 15 is 0 Å². The third kappa shape index (κ3) is 7.30. The Morgan fingerprint density at radius 2 is 1.31 bits per heavy atom. The second-order valence-corrected chi connectivity index (χ2v) is 15.8. The average molecular weight is 396 g/mol.